The molecule has 8 atom stereocenters. The summed E-state index contributed by atoms with van der Waals surface area (Å²) in [6.07, 6.45) is 17.8. The van der Waals surface area contributed by atoms with Gasteiger partial charge >= 0.3 is 0 Å². The second kappa shape index (κ2) is 5.38. The zero-order chi connectivity index (χ0) is 19.6. The molecule has 0 N–H and O–H groups in total. The van der Waals surface area contributed by atoms with Crippen molar-refractivity contribution in [2.24, 2.45) is 51.4 Å². The Morgan fingerprint density at radius 1 is 1.10 bits per heavy atom. The molecule has 9 rings (SSSR count). The van der Waals surface area contributed by atoms with E-state index < -0.39 is 0 Å². The average Bonchev–Trinajstić information content (AvgIpc) is 3.40. The first-order valence-electron chi connectivity index (χ1n) is 11.3. The maximum atomic E-state index is 13.1. The van der Waals surface area contributed by atoms with Gasteiger partial charge in [-0.3, -0.25) is 14.9 Å². The van der Waals surface area contributed by atoms with Crippen molar-refractivity contribution in [3.8, 4) is 0 Å². The van der Waals surface area contributed by atoms with E-state index in [9.17, 15) is 4.79 Å². The highest BCUT2D eigenvalue weighted by atomic mass is 16.7. The van der Waals surface area contributed by atoms with Crippen molar-refractivity contribution in [1.29, 1.82) is 0 Å². The van der Waals surface area contributed by atoms with E-state index in [2.05, 4.69) is 41.7 Å². The first kappa shape index (κ1) is 16.2. The predicted octanol–water partition coefficient (Wildman–Crippen LogP) is 3.40. The molecule has 1 fully saturated rings. The van der Waals surface area contributed by atoms with E-state index in [1.807, 2.05) is 11.3 Å². The molecule has 5 bridgehead atoms. The number of amides is 1. The van der Waals surface area contributed by atoms with E-state index in [-0.39, 0.29) is 18.1 Å². The van der Waals surface area contributed by atoms with Crippen molar-refractivity contribution in [1.82, 2.24) is 5.06 Å². The highest BCUT2D eigenvalue weighted by molar-refractivity contribution is 5.93. The van der Waals surface area contributed by atoms with Crippen LogP contribution in [0.15, 0.2) is 68.4 Å². The summed E-state index contributed by atoms with van der Waals surface area (Å²) < 4.78 is 0. The molecule has 5 aliphatic heterocycles. The second-order valence-corrected chi connectivity index (χ2v) is 9.96. The minimum Gasteiger partial charge on any atom is -0.272 e. The third-order valence-electron chi connectivity index (χ3n) is 9.01. The molecule has 1 amide bonds. The third-order valence-corrected chi connectivity index (χ3v) is 9.01. The van der Waals surface area contributed by atoms with Crippen molar-refractivity contribution in [2.75, 3.05) is 6.54 Å². The van der Waals surface area contributed by atoms with E-state index in [1.165, 1.54) is 22.3 Å². The summed E-state index contributed by atoms with van der Waals surface area (Å²) in [7, 11) is 0. The van der Waals surface area contributed by atoms with Crippen molar-refractivity contribution in [3.63, 3.8) is 0 Å². The Kier molecular flexibility index (Phi) is 2.91. The van der Waals surface area contributed by atoms with Crippen molar-refractivity contribution >= 4 is 18.3 Å². The first-order chi connectivity index (χ1) is 14.8. The molecule has 5 heterocycles. The highest BCUT2D eigenvalue weighted by Crippen LogP contribution is 2.67. The summed E-state index contributed by atoms with van der Waals surface area (Å²) in [4.78, 5) is 28.5. The lowest BCUT2D eigenvalue weighted by Gasteiger charge is -2.41. The van der Waals surface area contributed by atoms with Gasteiger partial charge < -0.3 is 0 Å². The van der Waals surface area contributed by atoms with Gasteiger partial charge in [-0.2, -0.15) is 0 Å². The lowest BCUT2D eigenvalue weighted by Crippen LogP contribution is -2.36. The molecule has 0 aromatic carbocycles. The van der Waals surface area contributed by atoms with Gasteiger partial charge in [0.1, 0.15) is 0 Å². The Labute approximate surface area is 175 Å². The van der Waals surface area contributed by atoms with Crippen LogP contribution in [0, 0.1) is 41.4 Å². The zero-order valence-corrected chi connectivity index (χ0v) is 16.6. The lowest BCUT2D eigenvalue weighted by molar-refractivity contribution is -0.164. The number of rotatable bonds is 0. The van der Waals surface area contributed by atoms with Crippen LogP contribution in [-0.4, -0.2) is 36.2 Å². The number of hydroxylamine groups is 2. The van der Waals surface area contributed by atoms with Gasteiger partial charge in [0, 0.05) is 31.0 Å². The van der Waals surface area contributed by atoms with Crippen molar-refractivity contribution < 1.29 is 9.63 Å². The Balaban J connectivity index is 1.42. The van der Waals surface area contributed by atoms with Gasteiger partial charge in [-0.25, -0.2) is 9.83 Å². The van der Waals surface area contributed by atoms with E-state index >= 15 is 0 Å². The predicted molar refractivity (Wildman–Crippen MR) is 112 cm³/mol. The zero-order valence-electron chi connectivity index (χ0n) is 16.6. The molecule has 4 aliphatic carbocycles. The first-order valence-corrected chi connectivity index (χ1v) is 11.3. The molecule has 5 nitrogen and oxygen atoms in total. The summed E-state index contributed by atoms with van der Waals surface area (Å²) in [6.45, 7) is 0.835. The minimum atomic E-state index is -0.107. The quantitative estimate of drug-likeness (QED) is 0.630. The number of hydrogen-bond donors (Lipinski definition) is 0. The molecule has 150 valence electrons. The van der Waals surface area contributed by atoms with Crippen LogP contribution in [0.4, 0.5) is 0 Å². The largest absolute Gasteiger partial charge is 0.272 e. The second-order valence-electron chi connectivity index (χ2n) is 9.96. The number of carbonyl (C=O) groups excluding carboxylic acids is 1. The molecule has 0 saturated heterocycles. The van der Waals surface area contributed by atoms with Crippen LogP contribution in [-0.2, 0) is 9.63 Å². The monoisotopic (exact) mass is 397 g/mol. The maximum absolute atomic E-state index is 13.1. The summed E-state index contributed by atoms with van der Waals surface area (Å²) >= 11 is 0. The molecule has 1 saturated carbocycles. The molecular weight excluding hydrogens is 374 g/mol. The van der Waals surface area contributed by atoms with Crippen LogP contribution in [0.1, 0.15) is 19.3 Å². The summed E-state index contributed by atoms with van der Waals surface area (Å²) in [5.74, 6) is 2.70. The fourth-order valence-electron chi connectivity index (χ4n) is 8.19. The Bertz CT molecular complexity index is 1120. The number of carbonyl (C=O) groups is 1. The number of allylic oxidation sites excluding steroid dienone is 7. The van der Waals surface area contributed by atoms with Crippen LogP contribution in [0.2, 0.25) is 0 Å². The summed E-state index contributed by atoms with van der Waals surface area (Å²) in [6, 6.07) is 0. The molecule has 0 radical (unpaired) electrons. The smallest absolute Gasteiger partial charge is 0.252 e. The normalized spacial score (nSPS) is 46.1. The lowest BCUT2D eigenvalue weighted by atomic mass is 9.61. The van der Waals surface area contributed by atoms with E-state index in [0.717, 1.165) is 25.8 Å². The molecule has 8 unspecified atom stereocenters. The van der Waals surface area contributed by atoms with Gasteiger partial charge in [-0.1, -0.05) is 18.2 Å². The molecule has 9 aliphatic rings. The van der Waals surface area contributed by atoms with Crippen LogP contribution < -0.4 is 0 Å². The van der Waals surface area contributed by atoms with E-state index in [4.69, 9.17) is 9.83 Å². The van der Waals surface area contributed by atoms with E-state index in [1.54, 1.807) is 5.57 Å². The maximum Gasteiger partial charge on any atom is 0.252 e. The number of fused-ring (bicyclic) bond motifs is 5. The van der Waals surface area contributed by atoms with Crippen LogP contribution in [0.3, 0.4) is 0 Å². The van der Waals surface area contributed by atoms with Gasteiger partial charge in [0.15, 0.2) is 6.23 Å². The number of nitrogens with zero attached hydrogens (tertiary/aromatic N) is 3. The van der Waals surface area contributed by atoms with Gasteiger partial charge in [0.05, 0.1) is 12.5 Å². The average molecular weight is 397 g/mol. The van der Waals surface area contributed by atoms with Gasteiger partial charge in [-0.15, -0.1) is 0 Å². The number of hydrogen-bond acceptors (Lipinski definition) is 4. The standard InChI is InChI=1S/C25H23N3O2/c29-25-24-16(5-8-27-25)15-4-7-26-19-10-17-12-6-9-28(30-19)11-18(12)20-13-2-1-3-14(13)22(24)21(15)23(17)20/h1-3,6-9,15-17,19-21,23-24H,4-5,10-11H2. The van der Waals surface area contributed by atoms with Gasteiger partial charge in [0.2, 0.25) is 0 Å². The van der Waals surface area contributed by atoms with Gasteiger partial charge in [0.25, 0.3) is 5.91 Å². The third kappa shape index (κ3) is 1.78. The molecule has 0 aromatic heterocycles. The van der Waals surface area contributed by atoms with Crippen LogP contribution >= 0.6 is 0 Å². The van der Waals surface area contributed by atoms with Crippen LogP contribution in [0.5, 0.6) is 0 Å². The molecular formula is C25H23N3O2. The SMILES string of the molecule is O=C1N=CCC2C1C1=C3C=CC=C3C3C4=C5C=CN(C4)OC4CC5C3C1C2CC=N4. The summed E-state index contributed by atoms with van der Waals surface area (Å²) in [5.41, 5.74) is 7.27. The fraction of sp³-hybridized carbons (Fsp3) is 0.480. The topological polar surface area (TPSA) is 54.3 Å². The Morgan fingerprint density at radius 2 is 2.03 bits per heavy atom. The number of aliphatic imine (C=N–C) groups is 2. The minimum absolute atomic E-state index is 0.0394. The van der Waals surface area contributed by atoms with E-state index in [0.29, 0.717) is 35.5 Å². The van der Waals surface area contributed by atoms with Crippen molar-refractivity contribution in [3.05, 3.63) is 58.4 Å². The summed E-state index contributed by atoms with van der Waals surface area (Å²) in [5, 5.41) is 1.99. The molecule has 0 spiro atoms. The Morgan fingerprint density at radius 3 is 3.00 bits per heavy atom. The molecule has 0 aromatic rings. The van der Waals surface area contributed by atoms with Crippen LogP contribution in [0.25, 0.3) is 0 Å². The van der Waals surface area contributed by atoms with Gasteiger partial charge in [-0.05, 0) is 76.4 Å². The highest BCUT2D eigenvalue weighted by Gasteiger charge is 2.62. The molecule has 5 heteroatoms. The molecule has 30 heavy (non-hydrogen) atoms. The van der Waals surface area contributed by atoms with Crippen molar-refractivity contribution in [2.45, 2.75) is 25.5 Å². The Hall–Kier alpha value is -2.53. The fourth-order valence-corrected chi connectivity index (χ4v) is 8.19.